The minimum absolute atomic E-state index is 0.00602. The number of aromatic nitrogens is 2. The number of nitrogens with one attached hydrogen (secondary N) is 2. The van der Waals surface area contributed by atoms with Crippen molar-refractivity contribution in [2.75, 3.05) is 19.7 Å². The third-order valence-electron chi connectivity index (χ3n) is 3.28. The Morgan fingerprint density at radius 2 is 2.17 bits per heavy atom. The quantitative estimate of drug-likeness (QED) is 0.832. The maximum atomic E-state index is 12.5. The van der Waals surface area contributed by atoms with Crippen LogP contribution >= 0.6 is 0 Å². The molecule has 2 rings (SSSR count). The van der Waals surface area contributed by atoms with E-state index in [4.69, 9.17) is 4.74 Å². The van der Waals surface area contributed by atoms with E-state index in [-0.39, 0.29) is 19.2 Å². The van der Waals surface area contributed by atoms with E-state index in [0.29, 0.717) is 23.9 Å². The number of alkyl halides is 3. The first-order valence-electron chi connectivity index (χ1n) is 7.15. The number of carbonyl (C=O) groups is 1. The number of nitrogens with zero attached hydrogens (tertiary/aromatic N) is 2. The fraction of sp³-hybridized carbons (Fsp3) is 0.615. The Bertz CT molecular complexity index is 597. The van der Waals surface area contributed by atoms with Crippen LogP contribution < -0.4 is 16.2 Å². The van der Waals surface area contributed by atoms with Gasteiger partial charge in [-0.3, -0.25) is 4.79 Å². The summed E-state index contributed by atoms with van der Waals surface area (Å²) in [6.45, 7) is 0.868. The van der Waals surface area contributed by atoms with Crippen molar-refractivity contribution in [2.24, 2.45) is 0 Å². The Kier molecular flexibility index (Phi) is 5.59. The van der Waals surface area contributed by atoms with Gasteiger partial charge >= 0.3 is 12.2 Å². The molecule has 10 heteroatoms. The molecule has 0 aromatic carbocycles. The lowest BCUT2D eigenvalue weighted by Crippen LogP contribution is -2.41. The van der Waals surface area contributed by atoms with E-state index >= 15 is 0 Å². The standard InChI is InChI=1S/C13H17F3N4O3/c14-13(15,16)10-3-4-11(21)20(19-10)6-5-17-12(22)18-8-9-2-1-7-23-9/h3-4,9H,1-2,5-8H2,(H2,17,18,22). The smallest absolute Gasteiger partial charge is 0.376 e. The molecule has 1 atom stereocenters. The molecule has 0 saturated carbocycles. The van der Waals surface area contributed by atoms with Gasteiger partial charge in [-0.15, -0.1) is 0 Å². The van der Waals surface area contributed by atoms with Crippen LogP contribution in [-0.2, 0) is 17.5 Å². The summed E-state index contributed by atoms with van der Waals surface area (Å²) in [4.78, 5) is 23.0. The van der Waals surface area contributed by atoms with E-state index in [0.717, 1.165) is 18.9 Å². The van der Waals surface area contributed by atoms with Gasteiger partial charge in [0.1, 0.15) is 0 Å². The normalized spacial score (nSPS) is 18.0. The topological polar surface area (TPSA) is 85.2 Å². The van der Waals surface area contributed by atoms with E-state index in [2.05, 4.69) is 15.7 Å². The molecule has 1 aromatic rings. The summed E-state index contributed by atoms with van der Waals surface area (Å²) in [6, 6.07) is 0.953. The van der Waals surface area contributed by atoms with Crippen molar-refractivity contribution in [1.82, 2.24) is 20.4 Å². The van der Waals surface area contributed by atoms with Crippen LogP contribution in [-0.4, -0.2) is 41.6 Å². The van der Waals surface area contributed by atoms with Gasteiger partial charge in [0.05, 0.1) is 12.6 Å². The molecule has 1 aromatic heterocycles. The lowest BCUT2D eigenvalue weighted by molar-refractivity contribution is -0.142. The molecule has 128 valence electrons. The molecule has 23 heavy (non-hydrogen) atoms. The summed E-state index contributed by atoms with van der Waals surface area (Å²) in [5.41, 5.74) is -1.82. The molecular formula is C13H17F3N4O3. The zero-order chi connectivity index (χ0) is 16.9. The molecule has 1 unspecified atom stereocenters. The van der Waals surface area contributed by atoms with Crippen molar-refractivity contribution >= 4 is 6.03 Å². The van der Waals surface area contributed by atoms with E-state index in [1.165, 1.54) is 0 Å². The van der Waals surface area contributed by atoms with Gasteiger partial charge in [0.15, 0.2) is 5.69 Å². The van der Waals surface area contributed by atoms with Crippen LogP contribution in [0, 0.1) is 0 Å². The maximum Gasteiger partial charge on any atom is 0.435 e. The molecule has 0 bridgehead atoms. The second kappa shape index (κ2) is 7.44. The third kappa shape index (κ3) is 5.23. The predicted octanol–water partition coefficient (Wildman–Crippen LogP) is 0.740. The largest absolute Gasteiger partial charge is 0.435 e. The number of urea groups is 1. The van der Waals surface area contributed by atoms with Crippen molar-refractivity contribution < 1.29 is 22.7 Å². The first-order chi connectivity index (χ1) is 10.9. The Morgan fingerprint density at radius 1 is 1.39 bits per heavy atom. The molecule has 0 spiro atoms. The molecule has 2 N–H and O–H groups in total. The van der Waals surface area contributed by atoms with Crippen molar-refractivity contribution in [1.29, 1.82) is 0 Å². The van der Waals surface area contributed by atoms with E-state index < -0.39 is 23.5 Å². The van der Waals surface area contributed by atoms with E-state index in [9.17, 15) is 22.8 Å². The van der Waals surface area contributed by atoms with Gasteiger partial charge in [-0.1, -0.05) is 0 Å². The van der Waals surface area contributed by atoms with Gasteiger partial charge in [-0.25, -0.2) is 9.48 Å². The molecule has 0 radical (unpaired) electrons. The van der Waals surface area contributed by atoms with Crippen LogP contribution in [0.4, 0.5) is 18.0 Å². The maximum absolute atomic E-state index is 12.5. The number of hydrogen-bond acceptors (Lipinski definition) is 4. The van der Waals surface area contributed by atoms with E-state index in [1.807, 2.05) is 0 Å². The molecule has 2 heterocycles. The summed E-state index contributed by atoms with van der Waals surface area (Å²) < 4.78 is 43.6. The monoisotopic (exact) mass is 334 g/mol. The average molecular weight is 334 g/mol. The van der Waals surface area contributed by atoms with Gasteiger partial charge in [-0.05, 0) is 18.9 Å². The Hall–Kier alpha value is -2.10. The predicted molar refractivity (Wildman–Crippen MR) is 73.9 cm³/mol. The number of ether oxygens (including phenoxy) is 1. The van der Waals surface area contributed by atoms with Gasteiger partial charge in [-0.2, -0.15) is 18.3 Å². The second-order valence-electron chi connectivity index (χ2n) is 5.05. The van der Waals surface area contributed by atoms with Crippen LogP contribution in [0.2, 0.25) is 0 Å². The lowest BCUT2D eigenvalue weighted by atomic mass is 10.2. The number of amides is 2. The second-order valence-corrected chi connectivity index (χ2v) is 5.05. The highest BCUT2D eigenvalue weighted by atomic mass is 19.4. The van der Waals surface area contributed by atoms with Gasteiger partial charge < -0.3 is 15.4 Å². The molecular weight excluding hydrogens is 317 g/mol. The van der Waals surface area contributed by atoms with Crippen molar-refractivity contribution in [3.05, 3.63) is 28.2 Å². The Labute approximate surface area is 129 Å². The molecule has 1 fully saturated rings. The first kappa shape index (κ1) is 17.3. The zero-order valence-electron chi connectivity index (χ0n) is 12.2. The van der Waals surface area contributed by atoms with Crippen LogP contribution in [0.3, 0.4) is 0 Å². The number of rotatable bonds is 5. The molecule has 1 saturated heterocycles. The van der Waals surface area contributed by atoms with Crippen LogP contribution in [0.15, 0.2) is 16.9 Å². The number of halogens is 3. The Balaban J connectivity index is 1.79. The number of hydrogen-bond donors (Lipinski definition) is 2. The third-order valence-corrected chi connectivity index (χ3v) is 3.28. The summed E-state index contributed by atoms with van der Waals surface area (Å²) in [6.07, 6.45) is -2.79. The SMILES string of the molecule is O=C(NCCn1nc(C(F)(F)F)ccc1=O)NCC1CCCO1. The highest BCUT2D eigenvalue weighted by Crippen LogP contribution is 2.26. The van der Waals surface area contributed by atoms with Crippen LogP contribution in [0.1, 0.15) is 18.5 Å². The minimum Gasteiger partial charge on any atom is -0.376 e. The molecule has 0 aliphatic carbocycles. The fourth-order valence-corrected chi connectivity index (χ4v) is 2.11. The first-order valence-corrected chi connectivity index (χ1v) is 7.15. The van der Waals surface area contributed by atoms with Gasteiger partial charge in [0.2, 0.25) is 0 Å². The molecule has 1 aliphatic rings. The van der Waals surface area contributed by atoms with Gasteiger partial charge in [0, 0.05) is 25.8 Å². The van der Waals surface area contributed by atoms with Crippen LogP contribution in [0.5, 0.6) is 0 Å². The van der Waals surface area contributed by atoms with Crippen LogP contribution in [0.25, 0.3) is 0 Å². The van der Waals surface area contributed by atoms with Crippen molar-refractivity contribution in [3.63, 3.8) is 0 Å². The number of carbonyl (C=O) groups excluding carboxylic acids is 1. The zero-order valence-corrected chi connectivity index (χ0v) is 12.2. The Morgan fingerprint density at radius 3 is 2.83 bits per heavy atom. The lowest BCUT2D eigenvalue weighted by Gasteiger charge is -2.12. The highest BCUT2D eigenvalue weighted by molar-refractivity contribution is 5.73. The summed E-state index contributed by atoms with van der Waals surface area (Å²) in [5.74, 6) is 0. The summed E-state index contributed by atoms with van der Waals surface area (Å²) in [7, 11) is 0. The highest BCUT2D eigenvalue weighted by Gasteiger charge is 2.33. The summed E-state index contributed by atoms with van der Waals surface area (Å²) >= 11 is 0. The van der Waals surface area contributed by atoms with E-state index in [1.54, 1.807) is 0 Å². The minimum atomic E-state index is -4.62. The average Bonchev–Trinajstić information content (AvgIpc) is 2.99. The summed E-state index contributed by atoms with van der Waals surface area (Å²) in [5, 5.41) is 8.29. The molecule has 2 amide bonds. The van der Waals surface area contributed by atoms with Crippen molar-refractivity contribution in [3.8, 4) is 0 Å². The van der Waals surface area contributed by atoms with Crippen molar-refractivity contribution in [2.45, 2.75) is 31.7 Å². The molecule has 1 aliphatic heterocycles. The fourth-order valence-electron chi connectivity index (χ4n) is 2.11. The van der Waals surface area contributed by atoms with Gasteiger partial charge in [0.25, 0.3) is 5.56 Å². The molecule has 7 nitrogen and oxygen atoms in total.